The molecular weight excluding hydrogens is 302 g/mol. The predicted molar refractivity (Wildman–Crippen MR) is 79.9 cm³/mol. The van der Waals surface area contributed by atoms with Crippen molar-refractivity contribution in [2.45, 2.75) is 12.5 Å². The van der Waals surface area contributed by atoms with Crippen molar-refractivity contribution >= 4 is 33.1 Å². The quantitative estimate of drug-likeness (QED) is 0.583. The molecule has 0 saturated carbocycles. The number of esters is 1. The Morgan fingerprint density at radius 3 is 2.50 bits per heavy atom. The van der Waals surface area contributed by atoms with Crippen LogP contribution in [0, 0.1) is 0 Å². The molecule has 0 heterocycles. The fraction of sp³-hybridized carbons (Fsp3) is 0.462. The maximum atomic E-state index is 11.7. The fourth-order valence-corrected chi connectivity index (χ4v) is 3.38. The number of benzene rings is 1. The number of ether oxygens (including phenoxy) is 1. The van der Waals surface area contributed by atoms with Gasteiger partial charge in [0.15, 0.2) is 9.84 Å². The maximum absolute atomic E-state index is 11.7. The van der Waals surface area contributed by atoms with Gasteiger partial charge in [0, 0.05) is 11.6 Å². The Kier molecular flexibility index (Phi) is 6.81. The van der Waals surface area contributed by atoms with Crippen LogP contribution >= 0.6 is 11.6 Å². The minimum absolute atomic E-state index is 0.0529. The van der Waals surface area contributed by atoms with E-state index in [1.165, 1.54) is 7.11 Å². The molecule has 1 rings (SSSR count). The Bertz CT molecular complexity index is 518. The van der Waals surface area contributed by atoms with Crippen molar-refractivity contribution in [1.29, 1.82) is 0 Å². The minimum atomic E-state index is -3.24. The van der Waals surface area contributed by atoms with E-state index in [4.69, 9.17) is 11.6 Å². The number of methoxy groups -OCH3 is 1. The lowest BCUT2D eigenvalue weighted by Gasteiger charge is -2.17. The van der Waals surface area contributed by atoms with Crippen LogP contribution in [0.15, 0.2) is 30.3 Å². The third-order valence-corrected chi connectivity index (χ3v) is 4.80. The molecule has 1 aromatic carbocycles. The Morgan fingerprint density at radius 1 is 1.30 bits per heavy atom. The Balaban J connectivity index is 2.69. The van der Waals surface area contributed by atoms with Crippen molar-refractivity contribution in [3.8, 4) is 0 Å². The largest absolute Gasteiger partial charge is 0.467 e. The molecule has 20 heavy (non-hydrogen) atoms. The van der Waals surface area contributed by atoms with Crippen LogP contribution in [0.4, 0.5) is 5.69 Å². The summed E-state index contributed by atoms with van der Waals surface area (Å²) in [7, 11) is -1.97. The number of halogens is 1. The molecule has 0 saturated heterocycles. The molecule has 0 spiro atoms. The van der Waals surface area contributed by atoms with Crippen LogP contribution < -0.4 is 5.32 Å². The third-order valence-electron chi connectivity index (χ3n) is 2.71. The lowest BCUT2D eigenvalue weighted by molar-refractivity contribution is -0.141. The van der Waals surface area contributed by atoms with Crippen LogP contribution in [-0.2, 0) is 19.4 Å². The SMILES string of the molecule is COC(=O)C(CCS(=O)(=O)CCCl)Nc1ccccc1. The summed E-state index contributed by atoms with van der Waals surface area (Å²) in [6, 6.07) is 8.38. The lowest BCUT2D eigenvalue weighted by Crippen LogP contribution is -2.33. The summed E-state index contributed by atoms with van der Waals surface area (Å²) < 4.78 is 28.0. The van der Waals surface area contributed by atoms with Gasteiger partial charge in [0.1, 0.15) is 6.04 Å². The molecule has 0 bridgehead atoms. The lowest BCUT2D eigenvalue weighted by atomic mass is 10.2. The number of rotatable bonds is 8. The minimum Gasteiger partial charge on any atom is -0.467 e. The number of carbonyl (C=O) groups excluding carboxylic acids is 1. The summed E-state index contributed by atoms with van der Waals surface area (Å²) in [5, 5.41) is 2.97. The van der Waals surface area contributed by atoms with E-state index >= 15 is 0 Å². The van der Waals surface area contributed by atoms with E-state index in [1.54, 1.807) is 12.1 Å². The van der Waals surface area contributed by atoms with Crippen molar-refractivity contribution in [1.82, 2.24) is 0 Å². The molecule has 5 nitrogen and oxygen atoms in total. The topological polar surface area (TPSA) is 72.5 Å². The first kappa shape index (κ1) is 16.8. The highest BCUT2D eigenvalue weighted by Crippen LogP contribution is 2.11. The zero-order chi connectivity index (χ0) is 15.0. The zero-order valence-corrected chi connectivity index (χ0v) is 12.8. The molecular formula is C13H18ClNO4S. The molecule has 0 aromatic heterocycles. The van der Waals surface area contributed by atoms with Crippen molar-refractivity contribution in [2.75, 3.05) is 29.8 Å². The number of sulfone groups is 1. The molecule has 1 N–H and O–H groups in total. The molecule has 0 aliphatic rings. The number of hydrogen-bond donors (Lipinski definition) is 1. The van der Waals surface area contributed by atoms with E-state index in [0.717, 1.165) is 5.69 Å². The number of nitrogens with one attached hydrogen (secondary N) is 1. The highest BCUT2D eigenvalue weighted by Gasteiger charge is 2.22. The third kappa shape index (κ3) is 5.79. The Morgan fingerprint density at radius 2 is 1.95 bits per heavy atom. The van der Waals surface area contributed by atoms with Crippen LogP contribution in [0.1, 0.15) is 6.42 Å². The molecule has 0 amide bonds. The van der Waals surface area contributed by atoms with Crippen molar-refractivity contribution in [3.63, 3.8) is 0 Å². The number of para-hydroxylation sites is 1. The van der Waals surface area contributed by atoms with Gasteiger partial charge in [-0.15, -0.1) is 11.6 Å². The highest BCUT2D eigenvalue weighted by atomic mass is 35.5. The van der Waals surface area contributed by atoms with Crippen molar-refractivity contribution in [3.05, 3.63) is 30.3 Å². The molecule has 1 aromatic rings. The average molecular weight is 320 g/mol. The molecule has 112 valence electrons. The van der Waals surface area contributed by atoms with Gasteiger partial charge in [0.25, 0.3) is 0 Å². The second-order valence-corrected chi connectivity index (χ2v) is 6.90. The van der Waals surface area contributed by atoms with Crippen LogP contribution in [0.5, 0.6) is 0 Å². The smallest absolute Gasteiger partial charge is 0.328 e. The zero-order valence-electron chi connectivity index (χ0n) is 11.2. The van der Waals surface area contributed by atoms with E-state index < -0.39 is 21.8 Å². The second-order valence-electron chi connectivity index (χ2n) is 4.22. The van der Waals surface area contributed by atoms with Gasteiger partial charge < -0.3 is 10.1 Å². The van der Waals surface area contributed by atoms with Gasteiger partial charge in [-0.2, -0.15) is 0 Å². The summed E-state index contributed by atoms with van der Waals surface area (Å²) >= 11 is 5.43. The van der Waals surface area contributed by atoms with Crippen molar-refractivity contribution < 1.29 is 17.9 Å². The monoisotopic (exact) mass is 319 g/mol. The van der Waals surface area contributed by atoms with E-state index in [2.05, 4.69) is 10.1 Å². The number of hydrogen-bond acceptors (Lipinski definition) is 5. The standard InChI is InChI=1S/C13H18ClNO4S/c1-19-13(16)12(7-9-20(17,18)10-8-14)15-11-5-3-2-4-6-11/h2-6,12,15H,7-10H2,1H3. The first-order valence-corrected chi connectivity index (χ1v) is 8.50. The van der Waals surface area contributed by atoms with Gasteiger partial charge in [-0.1, -0.05) is 18.2 Å². The van der Waals surface area contributed by atoms with Gasteiger partial charge in [-0.25, -0.2) is 13.2 Å². The molecule has 1 atom stereocenters. The second kappa shape index (κ2) is 8.11. The van der Waals surface area contributed by atoms with E-state index in [0.29, 0.717) is 0 Å². The van der Waals surface area contributed by atoms with Crippen molar-refractivity contribution in [2.24, 2.45) is 0 Å². The molecule has 0 fully saturated rings. The predicted octanol–water partition coefficient (Wildman–Crippen LogP) is 1.68. The van der Waals surface area contributed by atoms with E-state index in [-0.39, 0.29) is 23.8 Å². The van der Waals surface area contributed by atoms with E-state index in [1.807, 2.05) is 18.2 Å². The van der Waals surface area contributed by atoms with Crippen LogP contribution in [-0.4, -0.2) is 44.9 Å². The number of anilines is 1. The summed E-state index contributed by atoms with van der Waals surface area (Å²) in [5.41, 5.74) is 0.734. The maximum Gasteiger partial charge on any atom is 0.328 e. The van der Waals surface area contributed by atoms with Gasteiger partial charge in [-0.05, 0) is 18.6 Å². The van der Waals surface area contributed by atoms with Gasteiger partial charge in [-0.3, -0.25) is 0 Å². The molecule has 0 radical (unpaired) electrons. The molecule has 0 aliphatic carbocycles. The van der Waals surface area contributed by atoms with Crippen LogP contribution in [0.25, 0.3) is 0 Å². The summed E-state index contributed by atoms with van der Waals surface area (Å²) in [5.74, 6) is -0.639. The van der Waals surface area contributed by atoms with Crippen LogP contribution in [0.2, 0.25) is 0 Å². The van der Waals surface area contributed by atoms with Gasteiger partial charge in [0.2, 0.25) is 0 Å². The molecule has 7 heteroatoms. The van der Waals surface area contributed by atoms with Gasteiger partial charge >= 0.3 is 5.97 Å². The highest BCUT2D eigenvalue weighted by molar-refractivity contribution is 7.91. The normalized spacial score (nSPS) is 12.7. The number of alkyl halides is 1. The van der Waals surface area contributed by atoms with Crippen LogP contribution in [0.3, 0.4) is 0 Å². The molecule has 0 aliphatic heterocycles. The average Bonchev–Trinajstić information content (AvgIpc) is 2.43. The summed E-state index contributed by atoms with van der Waals surface area (Å²) in [6.45, 7) is 0. The first-order chi connectivity index (χ1) is 9.48. The van der Waals surface area contributed by atoms with E-state index in [9.17, 15) is 13.2 Å². The summed E-state index contributed by atoms with van der Waals surface area (Å²) in [6.07, 6.45) is 0.140. The summed E-state index contributed by atoms with van der Waals surface area (Å²) in [4.78, 5) is 11.7. The Labute approximate surface area is 124 Å². The first-order valence-electron chi connectivity index (χ1n) is 6.14. The fourth-order valence-electron chi connectivity index (χ4n) is 1.64. The number of carbonyl (C=O) groups is 1. The van der Waals surface area contributed by atoms with Gasteiger partial charge in [0.05, 0.1) is 18.6 Å². The Hall–Kier alpha value is -1.27. The molecule has 1 unspecified atom stereocenters.